The summed E-state index contributed by atoms with van der Waals surface area (Å²) in [5, 5.41) is 25.3. The number of nitrogen functional groups attached to an aromatic ring is 1. The number of aromatic carboxylic acids is 1. The molecule has 3 heterocycles. The van der Waals surface area contributed by atoms with E-state index in [-0.39, 0.29) is 17.2 Å². The maximum Gasteiger partial charge on any atom is 0.358 e. The lowest BCUT2D eigenvalue weighted by molar-refractivity contribution is 0.0691. The Morgan fingerprint density at radius 1 is 1.21 bits per heavy atom. The fourth-order valence-electron chi connectivity index (χ4n) is 2.87. The lowest BCUT2D eigenvalue weighted by atomic mass is 10.1. The normalized spacial score (nSPS) is 10.6. The van der Waals surface area contributed by atoms with Crippen molar-refractivity contribution in [3.63, 3.8) is 0 Å². The Morgan fingerprint density at radius 3 is 2.72 bits per heavy atom. The molecular formula is C19H14N8O2. The first-order valence-electron chi connectivity index (χ1n) is 8.48. The van der Waals surface area contributed by atoms with E-state index in [9.17, 15) is 9.90 Å². The van der Waals surface area contributed by atoms with Crippen molar-refractivity contribution in [2.45, 2.75) is 6.54 Å². The van der Waals surface area contributed by atoms with Gasteiger partial charge in [0, 0.05) is 12.1 Å². The second-order valence-corrected chi connectivity index (χ2v) is 6.08. The van der Waals surface area contributed by atoms with E-state index in [4.69, 9.17) is 11.0 Å². The van der Waals surface area contributed by atoms with E-state index >= 15 is 0 Å². The van der Waals surface area contributed by atoms with Gasteiger partial charge in [-0.3, -0.25) is 0 Å². The number of aromatic nitrogens is 5. The molecule has 0 aliphatic rings. The van der Waals surface area contributed by atoms with Crippen LogP contribution in [0.1, 0.15) is 21.7 Å². The average Bonchev–Trinajstić information content (AvgIpc) is 3.18. The van der Waals surface area contributed by atoms with Gasteiger partial charge in [-0.05, 0) is 17.7 Å². The molecule has 142 valence electrons. The van der Waals surface area contributed by atoms with Crippen molar-refractivity contribution in [3.05, 3.63) is 65.9 Å². The van der Waals surface area contributed by atoms with Gasteiger partial charge in [-0.1, -0.05) is 24.3 Å². The molecule has 10 nitrogen and oxygen atoms in total. The predicted molar refractivity (Wildman–Crippen MR) is 104 cm³/mol. The number of nitrogens with two attached hydrogens (primary N) is 1. The van der Waals surface area contributed by atoms with E-state index in [1.165, 1.54) is 12.5 Å². The molecule has 10 heteroatoms. The highest BCUT2D eigenvalue weighted by atomic mass is 16.4. The quantitative estimate of drug-likeness (QED) is 0.466. The van der Waals surface area contributed by atoms with Crippen LogP contribution in [0.2, 0.25) is 0 Å². The molecule has 0 fully saturated rings. The Kier molecular flexibility index (Phi) is 4.46. The highest BCUT2D eigenvalue weighted by Crippen LogP contribution is 2.24. The summed E-state index contributed by atoms with van der Waals surface area (Å²) in [6.07, 6.45) is 2.63. The van der Waals surface area contributed by atoms with Gasteiger partial charge in [0.2, 0.25) is 0 Å². The standard InChI is InChI=1S/C19H14N8O2/c20-7-13-9-23-18(16(26-13)19(28)29)22-8-11-1-3-12(4-2-11)14-5-6-15-17(21)24-10-25-27(14)15/h1-6,9-10H,8H2,(H,22,23)(H,28,29)(H2,21,24,25). The lowest BCUT2D eigenvalue weighted by Crippen LogP contribution is -2.11. The van der Waals surface area contributed by atoms with Crippen LogP contribution in [0.15, 0.2) is 48.9 Å². The van der Waals surface area contributed by atoms with Gasteiger partial charge in [-0.25, -0.2) is 24.3 Å². The van der Waals surface area contributed by atoms with Crippen molar-refractivity contribution >= 4 is 23.1 Å². The lowest BCUT2D eigenvalue weighted by Gasteiger charge is -2.09. The van der Waals surface area contributed by atoms with Crippen molar-refractivity contribution < 1.29 is 9.90 Å². The van der Waals surface area contributed by atoms with Crippen LogP contribution in [0.5, 0.6) is 0 Å². The summed E-state index contributed by atoms with van der Waals surface area (Å²) in [6, 6.07) is 13.2. The molecule has 0 atom stereocenters. The molecule has 4 N–H and O–H groups in total. The van der Waals surface area contributed by atoms with E-state index in [0.717, 1.165) is 22.3 Å². The van der Waals surface area contributed by atoms with Gasteiger partial charge < -0.3 is 16.2 Å². The zero-order valence-electron chi connectivity index (χ0n) is 14.9. The van der Waals surface area contributed by atoms with Gasteiger partial charge >= 0.3 is 5.97 Å². The minimum atomic E-state index is -1.26. The molecular weight excluding hydrogens is 372 g/mol. The van der Waals surface area contributed by atoms with Gasteiger partial charge in [0.25, 0.3) is 0 Å². The van der Waals surface area contributed by atoms with Crippen LogP contribution in [0, 0.1) is 11.3 Å². The number of hydrogen-bond donors (Lipinski definition) is 3. The number of nitriles is 1. The molecule has 0 amide bonds. The maximum absolute atomic E-state index is 11.3. The van der Waals surface area contributed by atoms with Crippen molar-refractivity contribution in [2.75, 3.05) is 11.1 Å². The third-order valence-electron chi connectivity index (χ3n) is 4.28. The van der Waals surface area contributed by atoms with Crippen LogP contribution in [-0.2, 0) is 6.54 Å². The largest absolute Gasteiger partial charge is 0.476 e. The number of carboxylic acids is 1. The highest BCUT2D eigenvalue weighted by Gasteiger charge is 2.15. The predicted octanol–water partition coefficient (Wildman–Crippen LogP) is 1.95. The van der Waals surface area contributed by atoms with Crippen molar-refractivity contribution in [3.8, 4) is 17.3 Å². The Balaban J connectivity index is 1.54. The van der Waals surface area contributed by atoms with Gasteiger partial charge in [-0.2, -0.15) is 10.4 Å². The highest BCUT2D eigenvalue weighted by molar-refractivity contribution is 5.90. The molecule has 0 bridgehead atoms. The van der Waals surface area contributed by atoms with Crippen LogP contribution in [-0.4, -0.2) is 35.6 Å². The second-order valence-electron chi connectivity index (χ2n) is 6.08. The van der Waals surface area contributed by atoms with Crippen molar-refractivity contribution in [1.82, 2.24) is 24.6 Å². The minimum absolute atomic E-state index is 0.0545. The number of carbonyl (C=O) groups is 1. The average molecular weight is 386 g/mol. The number of anilines is 2. The molecule has 29 heavy (non-hydrogen) atoms. The molecule has 4 rings (SSSR count). The summed E-state index contributed by atoms with van der Waals surface area (Å²) in [4.78, 5) is 23.1. The molecule has 1 aromatic carbocycles. The number of fused-ring (bicyclic) bond motifs is 1. The molecule has 4 aromatic rings. The van der Waals surface area contributed by atoms with E-state index < -0.39 is 5.97 Å². The molecule has 0 aliphatic heterocycles. The number of nitrogens with zero attached hydrogens (tertiary/aromatic N) is 6. The van der Waals surface area contributed by atoms with Crippen LogP contribution in [0.4, 0.5) is 11.6 Å². The number of carboxylic acid groups (broad SMARTS) is 1. The maximum atomic E-state index is 11.3. The molecule has 3 aromatic heterocycles. The number of nitrogens with one attached hydrogen (secondary N) is 1. The fraction of sp³-hybridized carbons (Fsp3) is 0.0526. The summed E-state index contributed by atoms with van der Waals surface area (Å²) in [5.74, 6) is -0.746. The third kappa shape index (κ3) is 3.40. The summed E-state index contributed by atoms with van der Waals surface area (Å²) in [5.41, 5.74) is 8.97. The molecule has 0 spiro atoms. The van der Waals surface area contributed by atoms with E-state index in [1.54, 1.807) is 10.6 Å². The molecule has 0 saturated carbocycles. The van der Waals surface area contributed by atoms with Gasteiger partial charge in [0.15, 0.2) is 23.0 Å². The summed E-state index contributed by atoms with van der Waals surface area (Å²) in [7, 11) is 0. The topological polar surface area (TPSA) is 155 Å². The first kappa shape index (κ1) is 17.9. The van der Waals surface area contributed by atoms with E-state index in [0.29, 0.717) is 12.4 Å². The molecule has 0 saturated heterocycles. The fourth-order valence-corrected chi connectivity index (χ4v) is 2.87. The molecule has 0 aliphatic carbocycles. The Morgan fingerprint density at radius 2 is 2.00 bits per heavy atom. The summed E-state index contributed by atoms with van der Waals surface area (Å²) < 4.78 is 1.72. The van der Waals surface area contributed by atoms with Crippen LogP contribution in [0.3, 0.4) is 0 Å². The van der Waals surface area contributed by atoms with E-state index in [1.807, 2.05) is 36.4 Å². The van der Waals surface area contributed by atoms with Gasteiger partial charge in [0.05, 0.1) is 11.9 Å². The zero-order valence-corrected chi connectivity index (χ0v) is 14.9. The van der Waals surface area contributed by atoms with Crippen LogP contribution < -0.4 is 11.1 Å². The van der Waals surface area contributed by atoms with Crippen molar-refractivity contribution in [2.24, 2.45) is 0 Å². The summed E-state index contributed by atoms with van der Waals surface area (Å²) >= 11 is 0. The zero-order chi connectivity index (χ0) is 20.4. The smallest absolute Gasteiger partial charge is 0.358 e. The Hall–Kier alpha value is -4.52. The van der Waals surface area contributed by atoms with Gasteiger partial charge in [0.1, 0.15) is 17.9 Å². The molecule has 0 radical (unpaired) electrons. The van der Waals surface area contributed by atoms with Gasteiger partial charge in [-0.15, -0.1) is 0 Å². The minimum Gasteiger partial charge on any atom is -0.476 e. The first-order chi connectivity index (χ1) is 14.1. The number of rotatable bonds is 5. The third-order valence-corrected chi connectivity index (χ3v) is 4.28. The van der Waals surface area contributed by atoms with Crippen LogP contribution >= 0.6 is 0 Å². The number of benzene rings is 1. The first-order valence-corrected chi connectivity index (χ1v) is 8.48. The second kappa shape index (κ2) is 7.24. The summed E-state index contributed by atoms with van der Waals surface area (Å²) in [6.45, 7) is 0.338. The molecule has 0 unspecified atom stereocenters. The van der Waals surface area contributed by atoms with Crippen LogP contribution in [0.25, 0.3) is 16.8 Å². The SMILES string of the molecule is N#Cc1cnc(NCc2ccc(-c3ccc4c(N)ncnn34)cc2)c(C(=O)O)n1. The number of hydrogen-bond acceptors (Lipinski definition) is 8. The van der Waals surface area contributed by atoms with E-state index in [2.05, 4.69) is 25.4 Å². The Labute approximate surface area is 164 Å². The van der Waals surface area contributed by atoms with Crippen molar-refractivity contribution in [1.29, 1.82) is 5.26 Å². The monoisotopic (exact) mass is 386 g/mol. The Bertz CT molecular complexity index is 1260.